The molecule has 1 nitrogen and oxygen atoms in total. The molecule has 1 rings (SSSR count). The first-order valence-corrected chi connectivity index (χ1v) is 7.06. The third-order valence-corrected chi connectivity index (χ3v) is 3.62. The number of halogens is 4. The monoisotopic (exact) mass is 371 g/mol. The van der Waals surface area contributed by atoms with Crippen LogP contribution in [-0.2, 0) is 0 Å². The molecular formula is C13H17F3IN. The maximum absolute atomic E-state index is 12.3. The highest BCUT2D eigenvalue weighted by molar-refractivity contribution is 14.1. The molecule has 0 heterocycles. The number of hydrogen-bond acceptors (Lipinski definition) is 1. The van der Waals surface area contributed by atoms with Crippen molar-refractivity contribution in [1.29, 1.82) is 0 Å². The third kappa shape index (κ3) is 5.56. The lowest BCUT2D eigenvalue weighted by Gasteiger charge is -2.21. The van der Waals surface area contributed by atoms with Crippen molar-refractivity contribution in [3.63, 3.8) is 0 Å². The molecule has 1 aromatic carbocycles. The van der Waals surface area contributed by atoms with Crippen molar-refractivity contribution < 1.29 is 13.2 Å². The van der Waals surface area contributed by atoms with Crippen LogP contribution in [0, 0.1) is 3.57 Å². The van der Waals surface area contributed by atoms with Crippen LogP contribution in [0.3, 0.4) is 0 Å². The van der Waals surface area contributed by atoms with Crippen LogP contribution in [-0.4, -0.2) is 12.7 Å². The summed E-state index contributed by atoms with van der Waals surface area (Å²) in [6.45, 7) is 2.73. The van der Waals surface area contributed by atoms with Crippen LogP contribution in [0.2, 0.25) is 0 Å². The lowest BCUT2D eigenvalue weighted by atomic mass is 10.0. The summed E-state index contributed by atoms with van der Waals surface area (Å²) in [6.07, 6.45) is -3.85. The first kappa shape index (κ1) is 15.8. The van der Waals surface area contributed by atoms with Gasteiger partial charge in [-0.15, -0.1) is 0 Å². The molecule has 5 heteroatoms. The van der Waals surface area contributed by atoms with Gasteiger partial charge in [0.2, 0.25) is 0 Å². The van der Waals surface area contributed by atoms with Gasteiger partial charge in [-0.3, -0.25) is 0 Å². The van der Waals surface area contributed by atoms with E-state index in [9.17, 15) is 13.2 Å². The van der Waals surface area contributed by atoms with Gasteiger partial charge in [0.15, 0.2) is 0 Å². The van der Waals surface area contributed by atoms with Crippen LogP contribution in [0.4, 0.5) is 13.2 Å². The minimum absolute atomic E-state index is 0.0868. The van der Waals surface area contributed by atoms with Crippen molar-refractivity contribution in [2.24, 2.45) is 0 Å². The Kier molecular flexibility index (Phi) is 6.42. The van der Waals surface area contributed by atoms with E-state index in [1.165, 1.54) is 0 Å². The molecule has 0 fully saturated rings. The lowest BCUT2D eigenvalue weighted by Crippen LogP contribution is -2.24. The van der Waals surface area contributed by atoms with Gasteiger partial charge in [0.25, 0.3) is 0 Å². The summed E-state index contributed by atoms with van der Waals surface area (Å²) in [5.41, 5.74) is 0.954. The largest absolute Gasteiger partial charge is 0.389 e. The van der Waals surface area contributed by atoms with Gasteiger partial charge >= 0.3 is 6.18 Å². The predicted octanol–water partition coefficient (Wildman–Crippen LogP) is 4.67. The number of hydrogen-bond donors (Lipinski definition) is 1. The van der Waals surface area contributed by atoms with Crippen molar-refractivity contribution in [3.8, 4) is 0 Å². The summed E-state index contributed by atoms with van der Waals surface area (Å²) in [6, 6.07) is 7.35. The van der Waals surface area contributed by atoms with E-state index in [1.807, 2.05) is 31.2 Å². The summed E-state index contributed by atoms with van der Waals surface area (Å²) in [7, 11) is 0. The minimum atomic E-state index is -4.09. The van der Waals surface area contributed by atoms with Crippen LogP contribution in [0.15, 0.2) is 24.3 Å². The van der Waals surface area contributed by atoms with Gasteiger partial charge < -0.3 is 5.32 Å². The average molecular weight is 371 g/mol. The average Bonchev–Trinajstić information content (AvgIpc) is 2.29. The fraction of sp³-hybridized carbons (Fsp3) is 0.538. The maximum Gasteiger partial charge on any atom is 0.389 e. The predicted molar refractivity (Wildman–Crippen MR) is 75.5 cm³/mol. The second-order valence-electron chi connectivity index (χ2n) is 4.18. The first-order valence-electron chi connectivity index (χ1n) is 5.98. The smallest absolute Gasteiger partial charge is 0.310 e. The molecule has 0 saturated heterocycles. The Labute approximate surface area is 119 Å². The first-order chi connectivity index (χ1) is 8.44. The Bertz CT molecular complexity index is 365. The molecule has 0 aliphatic heterocycles. The highest BCUT2D eigenvalue weighted by atomic mass is 127. The van der Waals surface area contributed by atoms with Gasteiger partial charge in [0.1, 0.15) is 0 Å². The molecular weight excluding hydrogens is 354 g/mol. The van der Waals surface area contributed by atoms with E-state index in [4.69, 9.17) is 0 Å². The summed E-state index contributed by atoms with van der Waals surface area (Å²) < 4.78 is 38.0. The van der Waals surface area contributed by atoms with Gasteiger partial charge in [-0.25, -0.2) is 0 Å². The summed E-state index contributed by atoms with van der Waals surface area (Å²) in [5.74, 6) is 0. The van der Waals surface area contributed by atoms with Crippen molar-refractivity contribution in [2.45, 2.75) is 38.4 Å². The Hall–Kier alpha value is -0.300. The molecule has 0 aromatic heterocycles. The topological polar surface area (TPSA) is 12.0 Å². The zero-order valence-corrected chi connectivity index (χ0v) is 12.4. The Balaban J connectivity index is 2.75. The second-order valence-corrected chi connectivity index (χ2v) is 5.34. The maximum atomic E-state index is 12.3. The Morgan fingerprint density at radius 2 is 1.94 bits per heavy atom. The van der Waals surface area contributed by atoms with E-state index in [2.05, 4.69) is 27.9 Å². The van der Waals surface area contributed by atoms with Crippen LogP contribution >= 0.6 is 22.6 Å². The molecule has 18 heavy (non-hydrogen) atoms. The fourth-order valence-corrected chi connectivity index (χ4v) is 2.52. The molecule has 0 radical (unpaired) electrons. The zero-order valence-electron chi connectivity index (χ0n) is 10.2. The molecule has 102 valence electrons. The summed E-state index contributed by atoms with van der Waals surface area (Å²) in [5, 5.41) is 3.19. The summed E-state index contributed by atoms with van der Waals surface area (Å²) >= 11 is 2.17. The molecule has 0 bridgehead atoms. The highest BCUT2D eigenvalue weighted by Gasteiger charge is 2.28. The number of nitrogens with one attached hydrogen (secondary N) is 1. The van der Waals surface area contributed by atoms with E-state index in [-0.39, 0.29) is 12.5 Å². The van der Waals surface area contributed by atoms with Gasteiger partial charge in [-0.05, 0) is 53.6 Å². The van der Waals surface area contributed by atoms with E-state index in [0.29, 0.717) is 0 Å². The van der Waals surface area contributed by atoms with Gasteiger partial charge in [-0.2, -0.15) is 13.2 Å². The van der Waals surface area contributed by atoms with Crippen molar-refractivity contribution >= 4 is 22.6 Å². The Morgan fingerprint density at radius 1 is 1.28 bits per heavy atom. The van der Waals surface area contributed by atoms with Crippen molar-refractivity contribution in [3.05, 3.63) is 33.4 Å². The highest BCUT2D eigenvalue weighted by Crippen LogP contribution is 2.29. The third-order valence-electron chi connectivity index (χ3n) is 2.64. The summed E-state index contributed by atoms with van der Waals surface area (Å²) in [4.78, 5) is 0. The SMILES string of the molecule is CCCNC(CCC(F)(F)F)c1ccccc1I. The molecule has 1 atom stereocenters. The molecule has 1 unspecified atom stereocenters. The Morgan fingerprint density at radius 3 is 2.50 bits per heavy atom. The number of rotatable bonds is 6. The van der Waals surface area contributed by atoms with Gasteiger partial charge in [-0.1, -0.05) is 25.1 Å². The number of benzene rings is 1. The number of alkyl halides is 3. The van der Waals surface area contributed by atoms with Gasteiger partial charge in [0.05, 0.1) is 0 Å². The molecule has 1 N–H and O–H groups in total. The van der Waals surface area contributed by atoms with Crippen LogP contribution < -0.4 is 5.32 Å². The molecule has 0 aliphatic carbocycles. The molecule has 0 aliphatic rings. The lowest BCUT2D eigenvalue weighted by molar-refractivity contribution is -0.136. The van der Waals surface area contributed by atoms with Crippen LogP contribution in [0.1, 0.15) is 37.8 Å². The molecule has 0 spiro atoms. The van der Waals surface area contributed by atoms with Crippen molar-refractivity contribution in [2.75, 3.05) is 6.54 Å². The quantitative estimate of drug-likeness (QED) is 0.717. The van der Waals surface area contributed by atoms with Crippen LogP contribution in [0.5, 0.6) is 0 Å². The van der Waals surface area contributed by atoms with E-state index >= 15 is 0 Å². The van der Waals surface area contributed by atoms with E-state index in [1.54, 1.807) is 0 Å². The molecule has 0 saturated carbocycles. The van der Waals surface area contributed by atoms with E-state index in [0.717, 1.165) is 22.1 Å². The van der Waals surface area contributed by atoms with Crippen LogP contribution in [0.25, 0.3) is 0 Å². The normalized spacial score (nSPS) is 13.6. The zero-order chi connectivity index (χ0) is 13.6. The fourth-order valence-electron chi connectivity index (χ4n) is 1.75. The standard InChI is InChI=1S/C13H17F3IN/c1-2-9-18-12(7-8-13(14,15)16)10-5-3-4-6-11(10)17/h3-6,12,18H,2,7-9H2,1H3. The minimum Gasteiger partial charge on any atom is -0.310 e. The van der Waals surface area contributed by atoms with Gasteiger partial charge in [0, 0.05) is 16.0 Å². The molecule has 0 amide bonds. The van der Waals surface area contributed by atoms with Crippen molar-refractivity contribution in [1.82, 2.24) is 5.32 Å². The van der Waals surface area contributed by atoms with E-state index < -0.39 is 12.6 Å². The molecule has 1 aromatic rings. The second kappa shape index (κ2) is 7.33.